The van der Waals surface area contributed by atoms with Gasteiger partial charge in [0.25, 0.3) is 0 Å². The van der Waals surface area contributed by atoms with E-state index in [1.165, 1.54) is 10.9 Å². The lowest BCUT2D eigenvalue weighted by Crippen LogP contribution is -2.24. The van der Waals surface area contributed by atoms with Crippen molar-refractivity contribution in [2.45, 2.75) is 6.92 Å². The van der Waals surface area contributed by atoms with Crippen molar-refractivity contribution in [3.05, 3.63) is 16.3 Å². The van der Waals surface area contributed by atoms with Gasteiger partial charge >= 0.3 is 5.69 Å². The maximum absolute atomic E-state index is 10.8. The van der Waals surface area contributed by atoms with Gasteiger partial charge in [-0.25, -0.2) is 0 Å². The van der Waals surface area contributed by atoms with Crippen molar-refractivity contribution in [1.29, 1.82) is 5.26 Å². The van der Waals surface area contributed by atoms with E-state index >= 15 is 0 Å². The molecule has 0 bridgehead atoms. The molecule has 0 spiro atoms. The molecule has 0 N–H and O–H groups in total. The van der Waals surface area contributed by atoms with Gasteiger partial charge in [-0.05, 0) is 6.92 Å². The van der Waals surface area contributed by atoms with Gasteiger partial charge in [-0.3, -0.25) is 14.8 Å². The summed E-state index contributed by atoms with van der Waals surface area (Å²) in [5, 5.41) is 23.4. The van der Waals surface area contributed by atoms with Crippen molar-refractivity contribution in [1.82, 2.24) is 9.78 Å². The molecule has 1 aromatic rings. The van der Waals surface area contributed by atoms with E-state index in [0.717, 1.165) is 0 Å². The fraction of sp³-hybridized carbons (Fsp3) is 0.556. The molecular formula is C9H13N5O2. The van der Waals surface area contributed by atoms with E-state index in [2.05, 4.69) is 11.2 Å². The summed E-state index contributed by atoms with van der Waals surface area (Å²) in [5.74, 6) is 0.0845. The van der Waals surface area contributed by atoms with Crippen LogP contribution in [0.4, 0.5) is 11.5 Å². The third kappa shape index (κ3) is 2.48. The van der Waals surface area contributed by atoms with E-state index in [1.54, 1.807) is 25.9 Å². The van der Waals surface area contributed by atoms with E-state index in [9.17, 15) is 10.1 Å². The van der Waals surface area contributed by atoms with Crippen molar-refractivity contribution in [3.63, 3.8) is 0 Å². The van der Waals surface area contributed by atoms with Gasteiger partial charge in [0.15, 0.2) is 0 Å². The molecule has 1 aromatic heterocycles. The summed E-state index contributed by atoms with van der Waals surface area (Å²) in [6.07, 6.45) is 1.35. The van der Waals surface area contributed by atoms with Crippen LogP contribution in [0, 0.1) is 27.4 Å². The second-order valence-corrected chi connectivity index (χ2v) is 3.68. The molecule has 7 nitrogen and oxygen atoms in total. The molecule has 0 aliphatic heterocycles. The van der Waals surface area contributed by atoms with Gasteiger partial charge in [-0.2, -0.15) is 5.26 Å². The number of aryl methyl sites for hydroxylation is 1. The van der Waals surface area contributed by atoms with E-state index < -0.39 is 4.92 Å². The summed E-state index contributed by atoms with van der Waals surface area (Å²) in [5.41, 5.74) is -0.0462. The zero-order chi connectivity index (χ0) is 12.3. The molecule has 0 radical (unpaired) electrons. The minimum atomic E-state index is -0.476. The number of nitriles is 1. The molecule has 1 atom stereocenters. The first-order chi connectivity index (χ1) is 7.45. The largest absolute Gasteiger partial charge is 0.351 e. The monoisotopic (exact) mass is 223 g/mol. The van der Waals surface area contributed by atoms with Crippen molar-refractivity contribution >= 4 is 11.5 Å². The molecule has 0 amide bonds. The molecule has 0 saturated heterocycles. The number of rotatable bonds is 4. The highest BCUT2D eigenvalue weighted by Gasteiger charge is 2.22. The maximum Gasteiger partial charge on any atom is 0.330 e. The quantitative estimate of drug-likeness (QED) is 0.559. The van der Waals surface area contributed by atoms with Crippen LogP contribution in [-0.2, 0) is 7.05 Å². The predicted octanol–water partition coefficient (Wildman–Crippen LogP) is 0.924. The average molecular weight is 223 g/mol. The maximum atomic E-state index is 10.8. The molecule has 1 rings (SSSR count). The molecule has 0 aliphatic carbocycles. The highest BCUT2D eigenvalue weighted by Crippen LogP contribution is 2.25. The normalized spacial score (nSPS) is 11.9. The van der Waals surface area contributed by atoms with Crippen molar-refractivity contribution in [2.24, 2.45) is 13.0 Å². The van der Waals surface area contributed by atoms with E-state index in [-0.39, 0.29) is 17.4 Å². The number of anilines is 1. The summed E-state index contributed by atoms with van der Waals surface area (Å²) in [7, 11) is 3.31. The lowest BCUT2D eigenvalue weighted by atomic mass is 10.2. The van der Waals surface area contributed by atoms with Crippen LogP contribution in [0.15, 0.2) is 6.20 Å². The summed E-state index contributed by atoms with van der Waals surface area (Å²) in [6.45, 7) is 2.17. The Balaban J connectivity index is 2.95. The van der Waals surface area contributed by atoms with Gasteiger partial charge < -0.3 is 4.90 Å². The van der Waals surface area contributed by atoms with Gasteiger partial charge in [0.2, 0.25) is 5.82 Å². The standard InChI is InChI=1S/C9H13N5O2/c1-7(4-10)5-12(2)9-8(14(15)16)6-13(3)11-9/h6-7H,5H2,1-3H3. The Morgan fingerprint density at radius 1 is 1.81 bits per heavy atom. The van der Waals surface area contributed by atoms with Crippen molar-refractivity contribution in [3.8, 4) is 6.07 Å². The Kier molecular flexibility index (Phi) is 3.45. The number of hydrogen-bond donors (Lipinski definition) is 0. The van der Waals surface area contributed by atoms with Crippen molar-refractivity contribution < 1.29 is 4.92 Å². The van der Waals surface area contributed by atoms with Crippen LogP contribution < -0.4 is 4.90 Å². The first-order valence-electron chi connectivity index (χ1n) is 4.74. The zero-order valence-electron chi connectivity index (χ0n) is 9.41. The summed E-state index contributed by atoms with van der Waals surface area (Å²) in [6, 6.07) is 2.07. The predicted molar refractivity (Wildman–Crippen MR) is 57.9 cm³/mol. The Hall–Kier alpha value is -2.10. The molecule has 0 saturated carbocycles. The smallest absolute Gasteiger partial charge is 0.330 e. The molecule has 0 fully saturated rings. The van der Waals surface area contributed by atoms with Crippen LogP contribution in [0.25, 0.3) is 0 Å². The Morgan fingerprint density at radius 3 is 2.94 bits per heavy atom. The van der Waals surface area contributed by atoms with Gasteiger partial charge in [0, 0.05) is 20.6 Å². The SMILES string of the molecule is CC(C#N)CN(C)c1nn(C)cc1[N+](=O)[O-]. The molecule has 7 heteroatoms. The van der Waals surface area contributed by atoms with Gasteiger partial charge in [0.05, 0.1) is 16.9 Å². The van der Waals surface area contributed by atoms with Crippen LogP contribution in [0.2, 0.25) is 0 Å². The molecular weight excluding hydrogens is 210 g/mol. The highest BCUT2D eigenvalue weighted by molar-refractivity contribution is 5.56. The molecule has 0 aliphatic rings. The van der Waals surface area contributed by atoms with Crippen LogP contribution >= 0.6 is 0 Å². The first kappa shape index (κ1) is 12.0. The van der Waals surface area contributed by atoms with E-state index in [0.29, 0.717) is 6.54 Å². The Labute approximate surface area is 93.0 Å². The highest BCUT2D eigenvalue weighted by atomic mass is 16.6. The fourth-order valence-corrected chi connectivity index (χ4v) is 1.40. The Bertz CT molecular complexity index is 434. The third-order valence-corrected chi connectivity index (χ3v) is 2.12. The number of hydrogen-bond acceptors (Lipinski definition) is 5. The molecule has 1 heterocycles. The lowest BCUT2D eigenvalue weighted by Gasteiger charge is -2.16. The topological polar surface area (TPSA) is 88.0 Å². The summed E-state index contributed by atoms with van der Waals surface area (Å²) in [4.78, 5) is 11.9. The van der Waals surface area contributed by atoms with E-state index in [1.807, 2.05) is 0 Å². The van der Waals surface area contributed by atoms with Crippen LogP contribution in [0.5, 0.6) is 0 Å². The lowest BCUT2D eigenvalue weighted by molar-refractivity contribution is -0.384. The van der Waals surface area contributed by atoms with E-state index in [4.69, 9.17) is 5.26 Å². The van der Waals surface area contributed by atoms with Gasteiger partial charge in [-0.15, -0.1) is 5.10 Å². The molecule has 0 aromatic carbocycles. The average Bonchev–Trinajstić information content (AvgIpc) is 2.60. The molecule has 86 valence electrons. The number of nitrogens with zero attached hydrogens (tertiary/aromatic N) is 5. The summed E-state index contributed by atoms with van der Waals surface area (Å²) < 4.78 is 1.39. The minimum Gasteiger partial charge on any atom is -0.351 e. The zero-order valence-corrected chi connectivity index (χ0v) is 9.41. The second kappa shape index (κ2) is 4.61. The molecule has 1 unspecified atom stereocenters. The number of aromatic nitrogens is 2. The third-order valence-electron chi connectivity index (χ3n) is 2.12. The van der Waals surface area contributed by atoms with Crippen LogP contribution in [-0.4, -0.2) is 28.3 Å². The molecule has 16 heavy (non-hydrogen) atoms. The number of nitro groups is 1. The first-order valence-corrected chi connectivity index (χ1v) is 4.74. The van der Waals surface area contributed by atoms with Crippen molar-refractivity contribution in [2.75, 3.05) is 18.5 Å². The van der Waals surface area contributed by atoms with Crippen LogP contribution in [0.1, 0.15) is 6.92 Å². The fourth-order valence-electron chi connectivity index (χ4n) is 1.40. The Morgan fingerprint density at radius 2 is 2.44 bits per heavy atom. The van der Waals surface area contributed by atoms with Crippen LogP contribution in [0.3, 0.4) is 0 Å². The van der Waals surface area contributed by atoms with Gasteiger partial charge in [-0.1, -0.05) is 0 Å². The minimum absolute atomic E-state index is 0.0462. The second-order valence-electron chi connectivity index (χ2n) is 3.68. The summed E-state index contributed by atoms with van der Waals surface area (Å²) >= 11 is 0. The van der Waals surface area contributed by atoms with Gasteiger partial charge in [0.1, 0.15) is 6.20 Å².